The second-order valence-electron chi connectivity index (χ2n) is 3.36. The van der Waals surface area contributed by atoms with Crippen LogP contribution in [0.5, 0.6) is 5.75 Å². The number of pyridine rings is 1. The van der Waals surface area contributed by atoms with Gasteiger partial charge < -0.3 is 9.84 Å². The zero-order valence-electron chi connectivity index (χ0n) is 9.04. The summed E-state index contributed by atoms with van der Waals surface area (Å²) in [5.74, 6) is 0.638. The molecule has 16 heavy (non-hydrogen) atoms. The number of aryl methyl sites for hydroxylation is 1. The lowest BCUT2D eigenvalue weighted by Gasteiger charge is -2.10. The molecule has 4 nitrogen and oxygen atoms in total. The van der Waals surface area contributed by atoms with Crippen molar-refractivity contribution in [1.29, 1.82) is 0 Å². The van der Waals surface area contributed by atoms with Crippen LogP contribution >= 0.6 is 11.3 Å². The van der Waals surface area contributed by atoms with E-state index >= 15 is 0 Å². The Morgan fingerprint density at radius 1 is 1.44 bits per heavy atom. The molecule has 2 aromatic heterocycles. The fourth-order valence-electron chi connectivity index (χ4n) is 1.42. The maximum absolute atomic E-state index is 10.2. The van der Waals surface area contributed by atoms with Crippen molar-refractivity contribution in [3.8, 4) is 5.75 Å². The molecule has 0 amide bonds. The van der Waals surface area contributed by atoms with Crippen molar-refractivity contribution >= 4 is 11.3 Å². The lowest BCUT2D eigenvalue weighted by molar-refractivity contribution is 0.222. The highest BCUT2D eigenvalue weighted by atomic mass is 32.1. The van der Waals surface area contributed by atoms with Crippen LogP contribution in [0.2, 0.25) is 0 Å². The van der Waals surface area contributed by atoms with Gasteiger partial charge in [-0.3, -0.25) is 4.98 Å². The number of ether oxygens (including phenoxy) is 1. The number of hydrogen-bond donors (Lipinski definition) is 1. The Hall–Kier alpha value is -1.46. The van der Waals surface area contributed by atoms with E-state index in [1.807, 2.05) is 6.92 Å². The van der Waals surface area contributed by atoms with Gasteiger partial charge in [-0.25, -0.2) is 4.98 Å². The molecule has 2 aromatic rings. The van der Waals surface area contributed by atoms with Crippen LogP contribution in [0.1, 0.15) is 22.2 Å². The van der Waals surface area contributed by atoms with Crippen molar-refractivity contribution in [3.05, 3.63) is 40.1 Å². The van der Waals surface area contributed by atoms with Gasteiger partial charge in [0.25, 0.3) is 0 Å². The molecule has 0 aromatic carbocycles. The molecule has 0 saturated carbocycles. The number of nitrogens with zero attached hydrogens (tertiary/aromatic N) is 2. The van der Waals surface area contributed by atoms with Gasteiger partial charge in [-0.05, 0) is 13.0 Å². The van der Waals surface area contributed by atoms with Crippen LogP contribution in [0.3, 0.4) is 0 Å². The summed E-state index contributed by atoms with van der Waals surface area (Å²) in [6.45, 7) is 1.88. The molecular formula is C11H12N2O2S. The Labute approximate surface area is 97.6 Å². The van der Waals surface area contributed by atoms with E-state index in [4.69, 9.17) is 4.74 Å². The molecule has 0 fully saturated rings. The summed E-state index contributed by atoms with van der Waals surface area (Å²) in [4.78, 5) is 8.97. The highest BCUT2D eigenvalue weighted by Gasteiger charge is 2.16. The van der Waals surface area contributed by atoms with Crippen LogP contribution in [0.15, 0.2) is 24.0 Å². The SMILES string of the molecule is COc1cncc(C(O)c2scnc2C)c1. The minimum atomic E-state index is -0.685. The first-order chi connectivity index (χ1) is 7.72. The molecule has 0 aliphatic rings. The summed E-state index contributed by atoms with van der Waals surface area (Å²) in [5, 5.41) is 10.2. The van der Waals surface area contributed by atoms with E-state index in [9.17, 15) is 5.11 Å². The summed E-state index contributed by atoms with van der Waals surface area (Å²) in [6, 6.07) is 1.77. The molecular weight excluding hydrogens is 224 g/mol. The van der Waals surface area contributed by atoms with E-state index in [1.54, 1.807) is 31.1 Å². The molecule has 0 radical (unpaired) electrons. The van der Waals surface area contributed by atoms with Gasteiger partial charge in [-0.15, -0.1) is 11.3 Å². The van der Waals surface area contributed by atoms with Crippen molar-refractivity contribution in [3.63, 3.8) is 0 Å². The molecule has 0 bridgehead atoms. The molecule has 2 heterocycles. The number of aliphatic hydroxyl groups is 1. The van der Waals surface area contributed by atoms with Crippen molar-refractivity contribution in [2.24, 2.45) is 0 Å². The average molecular weight is 236 g/mol. The highest BCUT2D eigenvalue weighted by molar-refractivity contribution is 7.09. The van der Waals surface area contributed by atoms with Gasteiger partial charge in [0, 0.05) is 11.8 Å². The van der Waals surface area contributed by atoms with Crippen molar-refractivity contribution < 1.29 is 9.84 Å². The van der Waals surface area contributed by atoms with Crippen molar-refractivity contribution in [2.45, 2.75) is 13.0 Å². The van der Waals surface area contributed by atoms with Crippen LogP contribution < -0.4 is 4.74 Å². The van der Waals surface area contributed by atoms with E-state index in [0.717, 1.165) is 10.6 Å². The minimum absolute atomic E-state index is 0.638. The Morgan fingerprint density at radius 2 is 2.25 bits per heavy atom. The van der Waals surface area contributed by atoms with E-state index in [1.165, 1.54) is 11.3 Å². The van der Waals surface area contributed by atoms with E-state index in [2.05, 4.69) is 9.97 Å². The second-order valence-corrected chi connectivity index (χ2v) is 4.25. The van der Waals surface area contributed by atoms with Gasteiger partial charge in [0.2, 0.25) is 0 Å². The van der Waals surface area contributed by atoms with E-state index in [-0.39, 0.29) is 0 Å². The maximum Gasteiger partial charge on any atom is 0.137 e. The quantitative estimate of drug-likeness (QED) is 0.884. The first-order valence-electron chi connectivity index (χ1n) is 4.79. The normalized spacial score (nSPS) is 12.4. The second kappa shape index (κ2) is 4.59. The van der Waals surface area contributed by atoms with Gasteiger partial charge in [-0.1, -0.05) is 0 Å². The topological polar surface area (TPSA) is 55.2 Å². The van der Waals surface area contributed by atoms with Gasteiger partial charge in [0.15, 0.2) is 0 Å². The number of thiazole rings is 1. The van der Waals surface area contributed by atoms with Crippen molar-refractivity contribution in [2.75, 3.05) is 7.11 Å². The van der Waals surface area contributed by atoms with Crippen LogP contribution in [-0.4, -0.2) is 22.2 Å². The predicted molar refractivity (Wildman–Crippen MR) is 61.7 cm³/mol. The van der Waals surface area contributed by atoms with E-state index < -0.39 is 6.10 Å². The highest BCUT2D eigenvalue weighted by Crippen LogP contribution is 2.28. The van der Waals surface area contributed by atoms with Gasteiger partial charge in [0.1, 0.15) is 11.9 Å². The standard InChI is InChI=1S/C11H12N2O2S/c1-7-11(16-6-13-7)10(14)8-3-9(15-2)5-12-4-8/h3-6,10,14H,1-2H3. The number of rotatable bonds is 3. The molecule has 5 heteroatoms. The molecule has 0 aliphatic heterocycles. The molecule has 1 unspecified atom stereocenters. The molecule has 1 N–H and O–H groups in total. The van der Waals surface area contributed by atoms with Gasteiger partial charge in [-0.2, -0.15) is 0 Å². The Kier molecular flexibility index (Phi) is 3.17. The number of aromatic nitrogens is 2. The number of aliphatic hydroxyl groups excluding tert-OH is 1. The fraction of sp³-hybridized carbons (Fsp3) is 0.273. The smallest absolute Gasteiger partial charge is 0.137 e. The third-order valence-corrected chi connectivity index (χ3v) is 3.30. The Balaban J connectivity index is 2.33. The third kappa shape index (κ3) is 2.05. The molecule has 2 rings (SSSR count). The fourth-order valence-corrected chi connectivity index (χ4v) is 2.23. The first kappa shape index (κ1) is 11.0. The maximum atomic E-state index is 10.2. The molecule has 0 spiro atoms. The summed E-state index contributed by atoms with van der Waals surface area (Å²) in [7, 11) is 1.57. The monoisotopic (exact) mass is 236 g/mol. The molecule has 0 aliphatic carbocycles. The van der Waals surface area contributed by atoms with Gasteiger partial charge in [0.05, 0.1) is 29.4 Å². The number of methoxy groups -OCH3 is 1. The molecule has 1 atom stereocenters. The molecule has 0 saturated heterocycles. The van der Waals surface area contributed by atoms with Gasteiger partial charge >= 0.3 is 0 Å². The average Bonchev–Trinajstić information content (AvgIpc) is 2.74. The van der Waals surface area contributed by atoms with Crippen LogP contribution in [0.4, 0.5) is 0 Å². The number of hydrogen-bond acceptors (Lipinski definition) is 5. The Morgan fingerprint density at radius 3 is 2.88 bits per heavy atom. The predicted octanol–water partition coefficient (Wildman–Crippen LogP) is 1.94. The van der Waals surface area contributed by atoms with E-state index in [0.29, 0.717) is 11.3 Å². The van der Waals surface area contributed by atoms with Crippen LogP contribution in [0, 0.1) is 6.92 Å². The molecule has 84 valence electrons. The van der Waals surface area contributed by atoms with Crippen molar-refractivity contribution in [1.82, 2.24) is 9.97 Å². The summed E-state index contributed by atoms with van der Waals surface area (Å²) < 4.78 is 5.07. The summed E-state index contributed by atoms with van der Waals surface area (Å²) >= 11 is 1.44. The minimum Gasteiger partial charge on any atom is -0.495 e. The largest absolute Gasteiger partial charge is 0.495 e. The van der Waals surface area contributed by atoms with Crippen LogP contribution in [0.25, 0.3) is 0 Å². The zero-order valence-corrected chi connectivity index (χ0v) is 9.86. The third-order valence-electron chi connectivity index (χ3n) is 2.32. The Bertz CT molecular complexity index is 484. The first-order valence-corrected chi connectivity index (χ1v) is 5.67. The lowest BCUT2D eigenvalue weighted by Crippen LogP contribution is -2.00. The summed E-state index contributed by atoms with van der Waals surface area (Å²) in [6.07, 6.45) is 2.55. The zero-order chi connectivity index (χ0) is 11.5. The summed E-state index contributed by atoms with van der Waals surface area (Å²) in [5.41, 5.74) is 3.29. The van der Waals surface area contributed by atoms with Crippen LogP contribution in [-0.2, 0) is 0 Å². The lowest BCUT2D eigenvalue weighted by atomic mass is 10.1.